The van der Waals surface area contributed by atoms with Crippen LogP contribution in [0.1, 0.15) is 32.6 Å². The molecule has 0 bridgehead atoms. The van der Waals surface area contributed by atoms with Crippen LogP contribution in [0.2, 0.25) is 5.28 Å². The lowest BCUT2D eigenvalue weighted by atomic mass is 10.2. The number of hydrogen-bond donors (Lipinski definition) is 1. The van der Waals surface area contributed by atoms with E-state index in [1.165, 1.54) is 0 Å². The van der Waals surface area contributed by atoms with Gasteiger partial charge in [-0.1, -0.05) is 6.92 Å². The van der Waals surface area contributed by atoms with Gasteiger partial charge in [-0.15, -0.1) is 0 Å². The van der Waals surface area contributed by atoms with E-state index in [-0.39, 0.29) is 23.4 Å². The fourth-order valence-electron chi connectivity index (χ4n) is 2.19. The van der Waals surface area contributed by atoms with Crippen molar-refractivity contribution in [2.75, 3.05) is 19.0 Å². The topological polar surface area (TPSA) is 69.2 Å². The molecule has 1 aliphatic carbocycles. The summed E-state index contributed by atoms with van der Waals surface area (Å²) in [4.78, 5) is 12.2. The van der Waals surface area contributed by atoms with Crippen LogP contribution >= 0.6 is 11.6 Å². The second-order valence-corrected chi connectivity index (χ2v) is 4.85. The molecule has 2 unspecified atom stereocenters. The van der Waals surface area contributed by atoms with Gasteiger partial charge in [-0.2, -0.15) is 15.0 Å². The monoisotopic (exact) mass is 286 g/mol. The van der Waals surface area contributed by atoms with Gasteiger partial charge in [0.1, 0.15) is 0 Å². The smallest absolute Gasteiger partial charge is 0.322 e. The van der Waals surface area contributed by atoms with Crippen LogP contribution in [0.3, 0.4) is 0 Å². The number of anilines is 1. The maximum Gasteiger partial charge on any atom is 0.322 e. The van der Waals surface area contributed by atoms with Crippen molar-refractivity contribution < 1.29 is 9.47 Å². The van der Waals surface area contributed by atoms with Gasteiger partial charge < -0.3 is 14.8 Å². The zero-order valence-corrected chi connectivity index (χ0v) is 12.0. The van der Waals surface area contributed by atoms with Gasteiger partial charge in [0, 0.05) is 7.11 Å². The van der Waals surface area contributed by atoms with Crippen LogP contribution in [-0.4, -0.2) is 40.8 Å². The highest BCUT2D eigenvalue weighted by Crippen LogP contribution is 2.24. The Morgan fingerprint density at radius 2 is 2.16 bits per heavy atom. The van der Waals surface area contributed by atoms with Crippen molar-refractivity contribution in [2.24, 2.45) is 0 Å². The van der Waals surface area contributed by atoms with Crippen molar-refractivity contribution >= 4 is 17.5 Å². The van der Waals surface area contributed by atoms with Crippen molar-refractivity contribution in [3.63, 3.8) is 0 Å². The number of nitrogens with one attached hydrogen (secondary N) is 1. The highest BCUT2D eigenvalue weighted by atomic mass is 35.5. The molecule has 0 aliphatic heterocycles. The summed E-state index contributed by atoms with van der Waals surface area (Å²) in [6, 6.07) is 0.471. The minimum atomic E-state index is 0.135. The second kappa shape index (κ2) is 6.86. The Hall–Kier alpha value is -1.14. The number of methoxy groups -OCH3 is 1. The van der Waals surface area contributed by atoms with Gasteiger partial charge in [0.25, 0.3) is 0 Å². The van der Waals surface area contributed by atoms with Crippen LogP contribution in [0.4, 0.5) is 5.95 Å². The first-order chi connectivity index (χ1) is 9.22. The van der Waals surface area contributed by atoms with Crippen molar-refractivity contribution in [3.8, 4) is 6.01 Å². The molecule has 2 rings (SSSR count). The average Bonchev–Trinajstić information content (AvgIpc) is 2.83. The highest BCUT2D eigenvalue weighted by molar-refractivity contribution is 6.28. The fraction of sp³-hybridized carbons (Fsp3) is 0.750. The largest absolute Gasteiger partial charge is 0.463 e. The van der Waals surface area contributed by atoms with Gasteiger partial charge in [-0.05, 0) is 37.3 Å². The van der Waals surface area contributed by atoms with Crippen LogP contribution in [-0.2, 0) is 4.74 Å². The quantitative estimate of drug-likeness (QED) is 0.865. The highest BCUT2D eigenvalue weighted by Gasteiger charge is 2.27. The van der Waals surface area contributed by atoms with E-state index in [4.69, 9.17) is 21.1 Å². The molecule has 1 N–H and O–H groups in total. The molecule has 106 valence electrons. The standard InChI is InChI=1S/C12H19ClN4O2/c1-3-7-19-12-16-10(13)15-11(17-12)14-8-5-4-6-9(8)18-2/h8-9H,3-7H2,1-2H3,(H,14,15,16,17). The molecular formula is C12H19ClN4O2. The summed E-state index contributed by atoms with van der Waals surface area (Å²) in [6.07, 6.45) is 4.30. The third-order valence-electron chi connectivity index (χ3n) is 3.09. The molecule has 0 radical (unpaired) electrons. The maximum absolute atomic E-state index is 5.87. The zero-order chi connectivity index (χ0) is 13.7. The summed E-state index contributed by atoms with van der Waals surface area (Å²) >= 11 is 5.87. The SMILES string of the molecule is CCCOc1nc(Cl)nc(NC2CCCC2OC)n1. The Morgan fingerprint density at radius 3 is 2.89 bits per heavy atom. The molecule has 0 spiro atoms. The first-order valence-corrected chi connectivity index (χ1v) is 6.94. The summed E-state index contributed by atoms with van der Waals surface area (Å²) < 4.78 is 10.8. The maximum atomic E-state index is 5.87. The molecule has 0 amide bonds. The third kappa shape index (κ3) is 3.91. The van der Waals surface area contributed by atoms with E-state index < -0.39 is 0 Å². The molecule has 19 heavy (non-hydrogen) atoms. The molecular weight excluding hydrogens is 268 g/mol. The molecule has 0 aromatic carbocycles. The minimum absolute atomic E-state index is 0.135. The Bertz CT molecular complexity index is 419. The first kappa shape index (κ1) is 14.3. The summed E-state index contributed by atoms with van der Waals surface area (Å²) in [5.41, 5.74) is 0. The lowest BCUT2D eigenvalue weighted by Crippen LogP contribution is -2.30. The zero-order valence-electron chi connectivity index (χ0n) is 11.2. The number of hydrogen-bond acceptors (Lipinski definition) is 6. The van der Waals surface area contributed by atoms with E-state index in [0.29, 0.717) is 12.6 Å². The van der Waals surface area contributed by atoms with Crippen molar-refractivity contribution in [3.05, 3.63) is 5.28 Å². The molecule has 1 aromatic rings. The Balaban J connectivity index is 2.04. The van der Waals surface area contributed by atoms with Gasteiger partial charge in [0.2, 0.25) is 11.2 Å². The van der Waals surface area contributed by atoms with Gasteiger partial charge in [0.15, 0.2) is 0 Å². The minimum Gasteiger partial charge on any atom is -0.463 e. The van der Waals surface area contributed by atoms with E-state index in [0.717, 1.165) is 25.7 Å². The normalized spacial score (nSPS) is 22.5. The van der Waals surface area contributed by atoms with E-state index in [1.807, 2.05) is 6.92 Å². The van der Waals surface area contributed by atoms with Crippen LogP contribution in [0.25, 0.3) is 0 Å². The molecule has 2 atom stereocenters. The number of ether oxygens (including phenoxy) is 2. The molecule has 1 heterocycles. The molecule has 6 nitrogen and oxygen atoms in total. The van der Waals surface area contributed by atoms with E-state index in [9.17, 15) is 0 Å². The van der Waals surface area contributed by atoms with Crippen LogP contribution in [0.15, 0.2) is 0 Å². The molecule has 1 saturated carbocycles. The van der Waals surface area contributed by atoms with Crippen molar-refractivity contribution in [1.82, 2.24) is 15.0 Å². The molecule has 7 heteroatoms. The average molecular weight is 287 g/mol. The number of aromatic nitrogens is 3. The van der Waals surface area contributed by atoms with Crippen LogP contribution in [0, 0.1) is 0 Å². The number of rotatable bonds is 6. The summed E-state index contributed by atoms with van der Waals surface area (Å²) in [5, 5.41) is 3.38. The Morgan fingerprint density at radius 1 is 1.32 bits per heavy atom. The predicted molar refractivity (Wildman–Crippen MR) is 72.7 cm³/mol. The second-order valence-electron chi connectivity index (χ2n) is 4.51. The predicted octanol–water partition coefficient (Wildman–Crippen LogP) is 2.29. The van der Waals surface area contributed by atoms with E-state index in [1.54, 1.807) is 7.11 Å². The summed E-state index contributed by atoms with van der Waals surface area (Å²) in [7, 11) is 1.72. The van der Waals surface area contributed by atoms with Gasteiger partial charge in [0.05, 0.1) is 18.8 Å². The van der Waals surface area contributed by atoms with Gasteiger partial charge >= 0.3 is 6.01 Å². The van der Waals surface area contributed by atoms with Gasteiger partial charge in [-0.25, -0.2) is 0 Å². The summed E-state index contributed by atoms with van der Waals surface area (Å²) in [5.74, 6) is 0.444. The Labute approximate surface area is 117 Å². The van der Waals surface area contributed by atoms with Crippen molar-refractivity contribution in [1.29, 1.82) is 0 Å². The lowest BCUT2D eigenvalue weighted by molar-refractivity contribution is 0.101. The lowest BCUT2D eigenvalue weighted by Gasteiger charge is -2.19. The molecule has 1 aromatic heterocycles. The van der Waals surface area contributed by atoms with Crippen molar-refractivity contribution in [2.45, 2.75) is 44.8 Å². The molecule has 1 aliphatic rings. The van der Waals surface area contributed by atoms with Crippen LogP contribution < -0.4 is 10.1 Å². The Kier molecular flexibility index (Phi) is 5.15. The van der Waals surface area contributed by atoms with Gasteiger partial charge in [-0.3, -0.25) is 0 Å². The number of nitrogens with zero attached hydrogens (tertiary/aromatic N) is 3. The van der Waals surface area contributed by atoms with Crippen LogP contribution in [0.5, 0.6) is 6.01 Å². The fourth-order valence-corrected chi connectivity index (χ4v) is 2.35. The molecule has 1 fully saturated rings. The molecule has 0 saturated heterocycles. The summed E-state index contributed by atoms with van der Waals surface area (Å²) in [6.45, 7) is 2.58. The third-order valence-corrected chi connectivity index (χ3v) is 3.26. The number of halogens is 1. The van der Waals surface area contributed by atoms with E-state index >= 15 is 0 Å². The first-order valence-electron chi connectivity index (χ1n) is 6.56. The van der Waals surface area contributed by atoms with E-state index in [2.05, 4.69) is 20.3 Å².